The van der Waals surface area contributed by atoms with E-state index in [1.54, 1.807) is 0 Å². The van der Waals surface area contributed by atoms with E-state index in [-0.39, 0.29) is 0 Å². The number of ether oxygens (including phenoxy) is 1. The van der Waals surface area contributed by atoms with Crippen molar-refractivity contribution in [1.29, 1.82) is 0 Å². The van der Waals surface area contributed by atoms with E-state index in [2.05, 4.69) is 59.2 Å². The quantitative estimate of drug-likeness (QED) is 0.342. The molecule has 0 heterocycles. The van der Waals surface area contributed by atoms with Crippen molar-refractivity contribution in [2.45, 2.75) is 45.8 Å². The van der Waals surface area contributed by atoms with Crippen LogP contribution in [0.15, 0.2) is 35.3 Å². The SMILES string of the molecule is CCNC(=NCC(Cc1ccccc1)N(C)C)NCCNC(=O)OC(C)(C)C. The maximum Gasteiger partial charge on any atom is 0.407 e. The van der Waals surface area contributed by atoms with E-state index in [0.29, 0.717) is 25.7 Å². The molecule has 1 aromatic rings. The maximum atomic E-state index is 11.7. The number of aliphatic imine (C=N–C) groups is 1. The number of rotatable bonds is 9. The predicted octanol–water partition coefficient (Wildman–Crippen LogP) is 2.24. The molecule has 0 saturated heterocycles. The molecule has 0 aliphatic carbocycles. The van der Waals surface area contributed by atoms with Crippen molar-refractivity contribution in [2.75, 3.05) is 40.3 Å². The van der Waals surface area contributed by atoms with E-state index in [4.69, 9.17) is 9.73 Å². The van der Waals surface area contributed by atoms with Gasteiger partial charge in [-0.05, 0) is 53.8 Å². The van der Waals surface area contributed by atoms with Gasteiger partial charge in [-0.15, -0.1) is 0 Å². The maximum absolute atomic E-state index is 11.7. The van der Waals surface area contributed by atoms with Crippen LogP contribution < -0.4 is 16.0 Å². The molecule has 1 unspecified atom stereocenters. The average Bonchev–Trinajstić information content (AvgIpc) is 2.61. The summed E-state index contributed by atoms with van der Waals surface area (Å²) in [5.74, 6) is 0.744. The van der Waals surface area contributed by atoms with Crippen LogP contribution in [0.2, 0.25) is 0 Å². The number of carbonyl (C=O) groups excluding carboxylic acids is 1. The molecular weight excluding hydrogens is 354 g/mol. The second-order valence-electron chi connectivity index (χ2n) is 7.88. The van der Waals surface area contributed by atoms with Crippen molar-refractivity contribution in [1.82, 2.24) is 20.9 Å². The van der Waals surface area contributed by atoms with Crippen molar-refractivity contribution in [3.63, 3.8) is 0 Å². The highest BCUT2D eigenvalue weighted by Crippen LogP contribution is 2.07. The molecule has 0 aliphatic rings. The summed E-state index contributed by atoms with van der Waals surface area (Å²) < 4.78 is 5.22. The Morgan fingerprint density at radius 2 is 1.75 bits per heavy atom. The van der Waals surface area contributed by atoms with Gasteiger partial charge >= 0.3 is 6.09 Å². The largest absolute Gasteiger partial charge is 0.444 e. The summed E-state index contributed by atoms with van der Waals surface area (Å²) in [6, 6.07) is 10.8. The molecular formula is C21H37N5O2. The summed E-state index contributed by atoms with van der Waals surface area (Å²) in [6.45, 7) is 10.0. The van der Waals surface area contributed by atoms with E-state index in [1.807, 2.05) is 33.8 Å². The lowest BCUT2D eigenvalue weighted by atomic mass is 10.1. The van der Waals surface area contributed by atoms with Gasteiger partial charge in [0, 0.05) is 25.7 Å². The summed E-state index contributed by atoms with van der Waals surface area (Å²) in [6.07, 6.45) is 0.531. The summed E-state index contributed by atoms with van der Waals surface area (Å²) >= 11 is 0. The number of benzene rings is 1. The molecule has 158 valence electrons. The van der Waals surface area contributed by atoms with E-state index >= 15 is 0 Å². The summed E-state index contributed by atoms with van der Waals surface area (Å²) in [7, 11) is 4.16. The number of guanidine groups is 1. The molecule has 0 bridgehead atoms. The Bertz CT molecular complexity index is 597. The van der Waals surface area contributed by atoms with Gasteiger partial charge in [-0.2, -0.15) is 0 Å². The van der Waals surface area contributed by atoms with Crippen LogP contribution in [0.1, 0.15) is 33.3 Å². The molecule has 7 heteroatoms. The second-order valence-corrected chi connectivity index (χ2v) is 7.88. The van der Waals surface area contributed by atoms with Crippen LogP contribution in [0.4, 0.5) is 4.79 Å². The summed E-state index contributed by atoms with van der Waals surface area (Å²) in [4.78, 5) is 18.6. The minimum absolute atomic E-state index is 0.303. The van der Waals surface area contributed by atoms with Crippen molar-refractivity contribution in [3.8, 4) is 0 Å². The Kier molecular flexibility index (Phi) is 10.4. The van der Waals surface area contributed by atoms with E-state index in [0.717, 1.165) is 18.9 Å². The van der Waals surface area contributed by atoms with Crippen molar-refractivity contribution in [3.05, 3.63) is 35.9 Å². The number of carbonyl (C=O) groups is 1. The highest BCUT2D eigenvalue weighted by Gasteiger charge is 2.15. The van der Waals surface area contributed by atoms with Crippen LogP contribution in [0.25, 0.3) is 0 Å². The van der Waals surface area contributed by atoms with Crippen LogP contribution in [0, 0.1) is 0 Å². The topological polar surface area (TPSA) is 78.0 Å². The Hall–Kier alpha value is -2.28. The lowest BCUT2D eigenvalue weighted by Crippen LogP contribution is -2.43. The average molecular weight is 392 g/mol. The molecule has 0 saturated carbocycles. The number of hydrogen-bond acceptors (Lipinski definition) is 4. The molecule has 3 N–H and O–H groups in total. The van der Waals surface area contributed by atoms with Gasteiger partial charge < -0.3 is 25.6 Å². The summed E-state index contributed by atoms with van der Waals surface area (Å²) in [5.41, 5.74) is 0.810. The highest BCUT2D eigenvalue weighted by atomic mass is 16.6. The number of alkyl carbamates (subject to hydrolysis) is 1. The van der Waals surface area contributed by atoms with Gasteiger partial charge in [-0.25, -0.2) is 4.79 Å². The Balaban J connectivity index is 2.51. The van der Waals surface area contributed by atoms with Crippen LogP contribution in [0.5, 0.6) is 0 Å². The fourth-order valence-corrected chi connectivity index (χ4v) is 2.49. The minimum Gasteiger partial charge on any atom is -0.444 e. The van der Waals surface area contributed by atoms with Crippen molar-refractivity contribution >= 4 is 12.1 Å². The zero-order valence-corrected chi connectivity index (χ0v) is 18.2. The van der Waals surface area contributed by atoms with Crippen LogP contribution in [-0.4, -0.2) is 68.9 Å². The molecule has 7 nitrogen and oxygen atoms in total. The molecule has 1 amide bonds. The van der Waals surface area contributed by atoms with Gasteiger partial charge in [0.1, 0.15) is 5.60 Å². The molecule has 0 aromatic heterocycles. The Labute approximate surface area is 169 Å². The number of amides is 1. The number of hydrogen-bond donors (Lipinski definition) is 3. The first kappa shape index (κ1) is 23.8. The van der Waals surface area contributed by atoms with Gasteiger partial charge in [-0.1, -0.05) is 30.3 Å². The van der Waals surface area contributed by atoms with E-state index in [1.165, 1.54) is 5.56 Å². The molecule has 0 radical (unpaired) electrons. The van der Waals surface area contributed by atoms with Crippen LogP contribution >= 0.6 is 0 Å². The molecule has 28 heavy (non-hydrogen) atoms. The number of likely N-dealkylation sites (N-methyl/N-ethyl adjacent to an activating group) is 1. The Morgan fingerprint density at radius 1 is 1.11 bits per heavy atom. The fraction of sp³-hybridized carbons (Fsp3) is 0.619. The smallest absolute Gasteiger partial charge is 0.407 e. The molecule has 1 rings (SSSR count). The second kappa shape index (κ2) is 12.2. The third kappa shape index (κ3) is 10.8. The number of nitrogens with zero attached hydrogens (tertiary/aromatic N) is 2. The third-order valence-corrected chi connectivity index (χ3v) is 3.93. The highest BCUT2D eigenvalue weighted by molar-refractivity contribution is 5.79. The molecule has 1 aromatic carbocycles. The monoisotopic (exact) mass is 391 g/mol. The first-order valence-corrected chi connectivity index (χ1v) is 9.90. The first-order chi connectivity index (χ1) is 13.2. The fourth-order valence-electron chi connectivity index (χ4n) is 2.49. The normalized spacial score (nSPS) is 13.2. The van der Waals surface area contributed by atoms with Crippen LogP contribution in [-0.2, 0) is 11.2 Å². The van der Waals surface area contributed by atoms with E-state index < -0.39 is 11.7 Å². The Morgan fingerprint density at radius 3 is 2.32 bits per heavy atom. The van der Waals surface area contributed by atoms with E-state index in [9.17, 15) is 4.79 Å². The summed E-state index contributed by atoms with van der Waals surface area (Å²) in [5, 5.41) is 9.23. The zero-order chi connectivity index (χ0) is 21.0. The molecule has 0 spiro atoms. The standard InChI is InChI=1S/C21H37N5O2/c1-7-22-19(23-13-14-24-20(27)28-21(2,3)4)25-16-18(26(5)6)15-17-11-9-8-10-12-17/h8-12,18H,7,13-16H2,1-6H3,(H,24,27)(H2,22,23,25). The van der Waals surface area contributed by atoms with Crippen molar-refractivity contribution in [2.24, 2.45) is 4.99 Å². The molecule has 0 fully saturated rings. The minimum atomic E-state index is -0.492. The van der Waals surface area contributed by atoms with Gasteiger partial charge in [0.25, 0.3) is 0 Å². The van der Waals surface area contributed by atoms with Crippen molar-refractivity contribution < 1.29 is 9.53 Å². The lowest BCUT2D eigenvalue weighted by Gasteiger charge is -2.23. The first-order valence-electron chi connectivity index (χ1n) is 9.90. The van der Waals surface area contributed by atoms with Gasteiger partial charge in [0.2, 0.25) is 0 Å². The molecule has 1 atom stereocenters. The predicted molar refractivity (Wildman–Crippen MR) is 116 cm³/mol. The van der Waals surface area contributed by atoms with Crippen LogP contribution in [0.3, 0.4) is 0 Å². The van der Waals surface area contributed by atoms with Gasteiger partial charge in [0.05, 0.1) is 6.54 Å². The number of nitrogens with one attached hydrogen (secondary N) is 3. The lowest BCUT2D eigenvalue weighted by molar-refractivity contribution is 0.0529. The zero-order valence-electron chi connectivity index (χ0n) is 18.2. The van der Waals surface area contributed by atoms with Gasteiger partial charge in [-0.3, -0.25) is 4.99 Å². The third-order valence-electron chi connectivity index (χ3n) is 3.93. The van der Waals surface area contributed by atoms with Gasteiger partial charge in [0.15, 0.2) is 5.96 Å². The molecule has 0 aliphatic heterocycles.